The Morgan fingerprint density at radius 3 is 1.74 bits per heavy atom. The maximum Gasteiger partial charge on any atom is 0.308 e. The third-order valence-electron chi connectivity index (χ3n) is 6.00. The quantitative estimate of drug-likeness (QED) is 0.391. The molecule has 39 heavy (non-hydrogen) atoms. The zero-order chi connectivity index (χ0) is 29.2. The van der Waals surface area contributed by atoms with E-state index in [9.17, 15) is 28.8 Å². The van der Waals surface area contributed by atoms with E-state index in [1.807, 2.05) is 0 Å². The van der Waals surface area contributed by atoms with E-state index >= 15 is 0 Å². The molecule has 2 aromatic rings. The second-order valence-electron chi connectivity index (χ2n) is 9.52. The monoisotopic (exact) mass is 540 g/mol. The fraction of sp³-hybridized carbons (Fsp3) is 0.357. The second-order valence-corrected chi connectivity index (χ2v) is 9.52. The SMILES string of the molecule is CC(=O)Oc1cc(OC(C)=O)c2c(c1)C(C)(C)[C@@H](c1ccc(OC(C)=O)c(OC(C)=O)c1)[C@@H](OC(C)=O)C2=O. The van der Waals surface area contributed by atoms with Crippen molar-refractivity contribution < 1.29 is 52.5 Å². The summed E-state index contributed by atoms with van der Waals surface area (Å²) in [6.45, 7) is 9.38. The van der Waals surface area contributed by atoms with Gasteiger partial charge in [-0.3, -0.25) is 28.8 Å². The minimum atomic E-state index is -1.39. The largest absolute Gasteiger partial charge is 0.453 e. The highest BCUT2D eigenvalue weighted by Crippen LogP contribution is 2.52. The van der Waals surface area contributed by atoms with Crippen molar-refractivity contribution in [1.82, 2.24) is 0 Å². The number of carbonyl (C=O) groups is 6. The Hall–Kier alpha value is -4.54. The van der Waals surface area contributed by atoms with Crippen LogP contribution in [-0.2, 0) is 34.1 Å². The lowest BCUT2D eigenvalue weighted by molar-refractivity contribution is -0.146. The van der Waals surface area contributed by atoms with E-state index in [4.69, 9.17) is 23.7 Å². The molecule has 0 fully saturated rings. The van der Waals surface area contributed by atoms with Crippen LogP contribution in [0.5, 0.6) is 23.0 Å². The van der Waals surface area contributed by atoms with Crippen molar-refractivity contribution in [3.8, 4) is 23.0 Å². The number of carbonyl (C=O) groups excluding carboxylic acids is 6. The van der Waals surface area contributed by atoms with Crippen molar-refractivity contribution in [1.29, 1.82) is 0 Å². The Morgan fingerprint density at radius 1 is 0.667 bits per heavy atom. The summed E-state index contributed by atoms with van der Waals surface area (Å²) in [5.41, 5.74) is -0.283. The fourth-order valence-corrected chi connectivity index (χ4v) is 4.74. The van der Waals surface area contributed by atoms with Crippen molar-refractivity contribution in [3.05, 3.63) is 47.0 Å². The van der Waals surface area contributed by atoms with Crippen LogP contribution >= 0.6 is 0 Å². The standard InChI is InChI=1S/C28H28O11/c1-13(29)35-19-11-20-24(23(12-19)38-16(4)32)26(34)27(39-17(5)33)25(28(20,6)7)18-8-9-21(36-14(2)30)22(10-18)37-15(3)31/h8-12,25,27H,1-7H3/t25-,27+/m0/s1. The fourth-order valence-electron chi connectivity index (χ4n) is 4.74. The molecule has 0 radical (unpaired) electrons. The first-order valence-electron chi connectivity index (χ1n) is 11.9. The van der Waals surface area contributed by atoms with Crippen LogP contribution in [-0.4, -0.2) is 41.7 Å². The highest BCUT2D eigenvalue weighted by molar-refractivity contribution is 6.07. The molecule has 11 nitrogen and oxygen atoms in total. The van der Waals surface area contributed by atoms with Gasteiger partial charge in [0.1, 0.15) is 11.5 Å². The number of ether oxygens (including phenoxy) is 5. The Kier molecular flexibility index (Phi) is 8.23. The highest BCUT2D eigenvalue weighted by atomic mass is 16.6. The van der Waals surface area contributed by atoms with Crippen molar-refractivity contribution >= 4 is 35.6 Å². The van der Waals surface area contributed by atoms with E-state index in [1.54, 1.807) is 19.9 Å². The molecule has 0 saturated carbocycles. The van der Waals surface area contributed by atoms with Crippen molar-refractivity contribution in [2.45, 2.75) is 65.9 Å². The maximum absolute atomic E-state index is 13.9. The van der Waals surface area contributed by atoms with E-state index in [1.165, 1.54) is 45.0 Å². The molecule has 3 rings (SSSR count). The Labute approximate surface area is 224 Å². The summed E-state index contributed by atoms with van der Waals surface area (Å²) in [4.78, 5) is 73.0. The van der Waals surface area contributed by atoms with Crippen LogP contribution in [0, 0.1) is 0 Å². The van der Waals surface area contributed by atoms with Crippen LogP contribution in [0.4, 0.5) is 0 Å². The molecule has 1 aliphatic rings. The Bertz CT molecular complexity index is 1390. The summed E-state index contributed by atoms with van der Waals surface area (Å²) in [6, 6.07) is 7.10. The summed E-state index contributed by atoms with van der Waals surface area (Å²) in [5, 5.41) is 0. The second kappa shape index (κ2) is 11.1. The van der Waals surface area contributed by atoms with Crippen molar-refractivity contribution in [2.75, 3.05) is 0 Å². The topological polar surface area (TPSA) is 149 Å². The first-order valence-corrected chi connectivity index (χ1v) is 11.9. The Balaban J connectivity index is 2.32. The lowest BCUT2D eigenvalue weighted by Crippen LogP contribution is -2.47. The number of benzene rings is 2. The zero-order valence-electron chi connectivity index (χ0n) is 22.5. The molecule has 0 unspecified atom stereocenters. The van der Waals surface area contributed by atoms with Gasteiger partial charge in [-0.15, -0.1) is 0 Å². The third kappa shape index (κ3) is 6.31. The van der Waals surface area contributed by atoms with E-state index < -0.39 is 53.1 Å². The number of Topliss-reactive ketones (excluding diaryl/α,β-unsaturated/α-hetero) is 1. The summed E-state index contributed by atoms with van der Waals surface area (Å²) < 4.78 is 26.5. The van der Waals surface area contributed by atoms with E-state index in [2.05, 4.69) is 0 Å². The van der Waals surface area contributed by atoms with Gasteiger partial charge in [0.05, 0.1) is 5.56 Å². The molecule has 0 amide bonds. The molecule has 2 aromatic carbocycles. The lowest BCUT2D eigenvalue weighted by Gasteiger charge is -2.44. The first-order chi connectivity index (χ1) is 18.1. The summed E-state index contributed by atoms with van der Waals surface area (Å²) in [5.74, 6) is -5.19. The van der Waals surface area contributed by atoms with Crippen LogP contribution in [0.15, 0.2) is 30.3 Å². The van der Waals surface area contributed by atoms with Gasteiger partial charge in [-0.05, 0) is 29.3 Å². The van der Waals surface area contributed by atoms with Gasteiger partial charge in [-0.2, -0.15) is 0 Å². The van der Waals surface area contributed by atoms with Gasteiger partial charge < -0.3 is 23.7 Å². The molecule has 0 N–H and O–H groups in total. The van der Waals surface area contributed by atoms with Crippen LogP contribution in [0.1, 0.15) is 75.9 Å². The van der Waals surface area contributed by atoms with Gasteiger partial charge in [0, 0.05) is 52.0 Å². The average Bonchev–Trinajstić information content (AvgIpc) is 2.77. The molecule has 206 valence electrons. The number of hydrogen-bond donors (Lipinski definition) is 0. The number of rotatable bonds is 6. The molecule has 11 heteroatoms. The predicted octanol–water partition coefficient (Wildman–Crippen LogP) is 3.58. The van der Waals surface area contributed by atoms with Crippen LogP contribution in [0.25, 0.3) is 0 Å². The summed E-state index contributed by atoms with van der Waals surface area (Å²) in [7, 11) is 0. The molecule has 0 saturated heterocycles. The minimum Gasteiger partial charge on any atom is -0.453 e. The van der Waals surface area contributed by atoms with Gasteiger partial charge in [0.25, 0.3) is 0 Å². The molecule has 0 heterocycles. The maximum atomic E-state index is 13.9. The van der Waals surface area contributed by atoms with Gasteiger partial charge >= 0.3 is 29.8 Å². The molecule has 0 bridgehead atoms. The van der Waals surface area contributed by atoms with E-state index in [0.29, 0.717) is 11.1 Å². The van der Waals surface area contributed by atoms with Gasteiger partial charge in [-0.25, -0.2) is 0 Å². The van der Waals surface area contributed by atoms with E-state index in [-0.39, 0.29) is 28.6 Å². The van der Waals surface area contributed by atoms with Gasteiger partial charge in [-0.1, -0.05) is 19.9 Å². The first kappa shape index (κ1) is 29.0. The smallest absolute Gasteiger partial charge is 0.308 e. The number of hydrogen-bond acceptors (Lipinski definition) is 11. The molecule has 2 atom stereocenters. The zero-order valence-corrected chi connectivity index (χ0v) is 22.5. The molecule has 1 aliphatic carbocycles. The van der Waals surface area contributed by atoms with Crippen molar-refractivity contribution in [3.63, 3.8) is 0 Å². The summed E-state index contributed by atoms with van der Waals surface area (Å²) >= 11 is 0. The normalized spacial score (nSPS) is 17.4. The van der Waals surface area contributed by atoms with Gasteiger partial charge in [0.15, 0.2) is 17.6 Å². The molecule has 0 spiro atoms. The molecule has 0 aliphatic heterocycles. The number of fused-ring (bicyclic) bond motifs is 1. The predicted molar refractivity (Wildman–Crippen MR) is 134 cm³/mol. The van der Waals surface area contributed by atoms with Crippen LogP contribution in [0.3, 0.4) is 0 Å². The lowest BCUT2D eigenvalue weighted by atomic mass is 9.61. The van der Waals surface area contributed by atoms with Crippen LogP contribution in [0.2, 0.25) is 0 Å². The third-order valence-corrected chi connectivity index (χ3v) is 6.00. The average molecular weight is 541 g/mol. The minimum absolute atomic E-state index is 0.00894. The molecular formula is C28H28O11. The number of esters is 5. The molecule has 0 aromatic heterocycles. The van der Waals surface area contributed by atoms with E-state index in [0.717, 1.165) is 13.8 Å². The molecular weight excluding hydrogens is 512 g/mol. The highest BCUT2D eigenvalue weighted by Gasteiger charge is 2.51. The Morgan fingerprint density at radius 2 is 1.21 bits per heavy atom. The van der Waals surface area contributed by atoms with Crippen molar-refractivity contribution in [2.24, 2.45) is 0 Å². The summed E-state index contributed by atoms with van der Waals surface area (Å²) in [6.07, 6.45) is -1.39. The van der Waals surface area contributed by atoms with Gasteiger partial charge in [0.2, 0.25) is 5.78 Å². The number of ketones is 1. The van der Waals surface area contributed by atoms with Crippen LogP contribution < -0.4 is 18.9 Å².